The fraction of sp³-hybridized carbons (Fsp3) is 0.333. The van der Waals surface area contributed by atoms with Gasteiger partial charge in [-0.3, -0.25) is 4.79 Å². The van der Waals surface area contributed by atoms with E-state index in [0.29, 0.717) is 41.8 Å². The number of rotatable bonds is 3. The van der Waals surface area contributed by atoms with Crippen LogP contribution in [0.15, 0.2) is 29.6 Å². The summed E-state index contributed by atoms with van der Waals surface area (Å²) in [6, 6.07) is 6.45. The maximum absolute atomic E-state index is 13.7. The minimum atomic E-state index is -0.324. The molecule has 1 saturated heterocycles. The molecule has 2 N–H and O–H groups in total. The van der Waals surface area contributed by atoms with E-state index >= 15 is 0 Å². The number of hydrogen-bond acceptors (Lipinski definition) is 4. The van der Waals surface area contributed by atoms with E-state index < -0.39 is 0 Å². The lowest BCUT2D eigenvalue weighted by atomic mass is 10.1. The molecular formula is C15H16FN3OS. The molecule has 6 heteroatoms. The van der Waals surface area contributed by atoms with Crippen LogP contribution in [0, 0.1) is 11.7 Å². The van der Waals surface area contributed by atoms with Crippen molar-refractivity contribution >= 4 is 17.2 Å². The highest BCUT2D eigenvalue weighted by Crippen LogP contribution is 2.27. The summed E-state index contributed by atoms with van der Waals surface area (Å²) < 4.78 is 13.7. The van der Waals surface area contributed by atoms with E-state index in [4.69, 9.17) is 5.73 Å². The van der Waals surface area contributed by atoms with Gasteiger partial charge in [-0.25, -0.2) is 9.37 Å². The summed E-state index contributed by atoms with van der Waals surface area (Å²) in [6.45, 7) is 2.00. The molecule has 110 valence electrons. The highest BCUT2D eigenvalue weighted by Gasteiger charge is 2.27. The van der Waals surface area contributed by atoms with E-state index in [-0.39, 0.29) is 11.7 Å². The monoisotopic (exact) mass is 305 g/mol. The summed E-state index contributed by atoms with van der Waals surface area (Å²) >= 11 is 1.29. The van der Waals surface area contributed by atoms with Crippen LogP contribution in [0.2, 0.25) is 0 Å². The lowest BCUT2D eigenvalue weighted by Crippen LogP contribution is -2.30. The first-order valence-corrected chi connectivity index (χ1v) is 7.76. The molecule has 0 radical (unpaired) electrons. The number of hydrogen-bond donors (Lipinski definition) is 1. The Hall–Kier alpha value is -1.79. The molecule has 1 atom stereocenters. The Labute approximate surface area is 126 Å². The second-order valence-electron chi connectivity index (χ2n) is 5.16. The van der Waals surface area contributed by atoms with Crippen molar-refractivity contribution in [3.05, 3.63) is 41.2 Å². The van der Waals surface area contributed by atoms with Crippen LogP contribution < -0.4 is 5.73 Å². The molecule has 4 nitrogen and oxygen atoms in total. The highest BCUT2D eigenvalue weighted by molar-refractivity contribution is 7.13. The van der Waals surface area contributed by atoms with Crippen molar-refractivity contribution < 1.29 is 9.18 Å². The quantitative estimate of drug-likeness (QED) is 0.947. The standard InChI is InChI=1S/C15H16FN3OS/c16-12-4-2-1-3-11(12)14-18-13(9-21-14)15(20)19-6-5-10(7-17)8-19/h1-4,9-10H,5-8,17H2/t10-/m0/s1. The molecule has 0 unspecified atom stereocenters. The number of nitrogens with two attached hydrogens (primary N) is 1. The van der Waals surface area contributed by atoms with Crippen molar-refractivity contribution in [2.45, 2.75) is 6.42 Å². The molecule has 0 spiro atoms. The predicted molar refractivity (Wildman–Crippen MR) is 80.6 cm³/mol. The van der Waals surface area contributed by atoms with Crippen molar-refractivity contribution in [1.82, 2.24) is 9.88 Å². The SMILES string of the molecule is NC[C@@H]1CCN(C(=O)c2csc(-c3ccccc3F)n2)C1. The van der Waals surface area contributed by atoms with E-state index in [9.17, 15) is 9.18 Å². The van der Waals surface area contributed by atoms with Crippen LogP contribution in [0.1, 0.15) is 16.9 Å². The van der Waals surface area contributed by atoms with Gasteiger partial charge in [-0.2, -0.15) is 0 Å². The fourth-order valence-electron chi connectivity index (χ4n) is 2.50. The maximum atomic E-state index is 13.7. The number of carbonyl (C=O) groups is 1. The van der Waals surface area contributed by atoms with Crippen LogP contribution in [0.5, 0.6) is 0 Å². The summed E-state index contributed by atoms with van der Waals surface area (Å²) in [4.78, 5) is 18.4. The molecule has 2 heterocycles. The summed E-state index contributed by atoms with van der Waals surface area (Å²) in [5.41, 5.74) is 6.46. The molecule has 1 aliphatic rings. The molecule has 0 saturated carbocycles. The number of thiazole rings is 1. The van der Waals surface area contributed by atoms with Crippen LogP contribution in [0.4, 0.5) is 4.39 Å². The van der Waals surface area contributed by atoms with Gasteiger partial charge in [-0.1, -0.05) is 12.1 Å². The summed E-state index contributed by atoms with van der Waals surface area (Å²) in [5.74, 6) is -0.0429. The Morgan fingerprint density at radius 3 is 3.00 bits per heavy atom. The smallest absolute Gasteiger partial charge is 0.273 e. The Morgan fingerprint density at radius 1 is 1.48 bits per heavy atom. The normalized spacial score (nSPS) is 18.2. The predicted octanol–water partition coefficient (Wildman–Crippen LogP) is 2.37. The van der Waals surface area contributed by atoms with E-state index in [1.54, 1.807) is 28.5 Å². The Balaban J connectivity index is 1.79. The van der Waals surface area contributed by atoms with Gasteiger partial charge in [0, 0.05) is 24.0 Å². The van der Waals surface area contributed by atoms with Crippen molar-refractivity contribution in [1.29, 1.82) is 0 Å². The molecule has 0 bridgehead atoms. The number of halogens is 1. The first-order valence-electron chi connectivity index (χ1n) is 6.89. The van der Waals surface area contributed by atoms with Gasteiger partial charge in [0.1, 0.15) is 16.5 Å². The largest absolute Gasteiger partial charge is 0.337 e. The summed E-state index contributed by atoms with van der Waals surface area (Å²) in [7, 11) is 0. The Kier molecular flexibility index (Phi) is 3.98. The Bertz CT molecular complexity index is 658. The molecule has 1 aromatic heterocycles. The molecular weight excluding hydrogens is 289 g/mol. The molecule has 0 aliphatic carbocycles. The van der Waals surface area contributed by atoms with Gasteiger partial charge in [0.05, 0.1) is 0 Å². The fourth-order valence-corrected chi connectivity index (χ4v) is 3.32. The van der Waals surface area contributed by atoms with Gasteiger partial charge >= 0.3 is 0 Å². The minimum absolute atomic E-state index is 0.0928. The Morgan fingerprint density at radius 2 is 2.29 bits per heavy atom. The number of amides is 1. The van der Waals surface area contributed by atoms with Gasteiger partial charge in [0.15, 0.2) is 0 Å². The van der Waals surface area contributed by atoms with Gasteiger partial charge in [-0.05, 0) is 31.0 Å². The first kappa shape index (κ1) is 14.2. The number of benzene rings is 1. The number of nitrogens with zero attached hydrogens (tertiary/aromatic N) is 2. The zero-order valence-corrected chi connectivity index (χ0v) is 12.3. The lowest BCUT2D eigenvalue weighted by molar-refractivity contribution is 0.0782. The third kappa shape index (κ3) is 2.82. The highest BCUT2D eigenvalue weighted by atomic mass is 32.1. The molecule has 1 aliphatic heterocycles. The van der Waals surface area contributed by atoms with Crippen molar-refractivity contribution in [3.63, 3.8) is 0 Å². The van der Waals surface area contributed by atoms with Crippen LogP contribution in [-0.4, -0.2) is 35.4 Å². The molecule has 1 aromatic carbocycles. The van der Waals surface area contributed by atoms with E-state index in [1.807, 2.05) is 0 Å². The lowest BCUT2D eigenvalue weighted by Gasteiger charge is -2.14. The van der Waals surface area contributed by atoms with E-state index in [1.165, 1.54) is 17.4 Å². The second-order valence-corrected chi connectivity index (χ2v) is 6.02. The van der Waals surface area contributed by atoms with Gasteiger partial charge in [0.2, 0.25) is 0 Å². The number of likely N-dealkylation sites (tertiary alicyclic amines) is 1. The molecule has 1 amide bonds. The molecule has 1 fully saturated rings. The van der Waals surface area contributed by atoms with Crippen LogP contribution in [-0.2, 0) is 0 Å². The van der Waals surface area contributed by atoms with Gasteiger partial charge < -0.3 is 10.6 Å². The van der Waals surface area contributed by atoms with Gasteiger partial charge in [0.25, 0.3) is 5.91 Å². The molecule has 21 heavy (non-hydrogen) atoms. The summed E-state index contributed by atoms with van der Waals surface area (Å²) in [5, 5.41) is 2.23. The van der Waals surface area contributed by atoms with Crippen LogP contribution >= 0.6 is 11.3 Å². The minimum Gasteiger partial charge on any atom is -0.337 e. The topological polar surface area (TPSA) is 59.2 Å². The first-order chi connectivity index (χ1) is 10.2. The molecule has 2 aromatic rings. The third-order valence-corrected chi connectivity index (χ3v) is 4.61. The zero-order chi connectivity index (χ0) is 14.8. The van der Waals surface area contributed by atoms with Gasteiger partial charge in [-0.15, -0.1) is 11.3 Å². The van der Waals surface area contributed by atoms with Crippen molar-refractivity contribution in [3.8, 4) is 10.6 Å². The van der Waals surface area contributed by atoms with Crippen molar-refractivity contribution in [2.75, 3.05) is 19.6 Å². The number of aromatic nitrogens is 1. The average Bonchev–Trinajstić information content (AvgIpc) is 3.16. The van der Waals surface area contributed by atoms with Crippen molar-refractivity contribution in [2.24, 2.45) is 11.7 Å². The second kappa shape index (κ2) is 5.91. The number of carbonyl (C=O) groups excluding carboxylic acids is 1. The summed E-state index contributed by atoms with van der Waals surface area (Å²) in [6.07, 6.45) is 0.937. The average molecular weight is 305 g/mol. The van der Waals surface area contributed by atoms with E-state index in [2.05, 4.69) is 4.98 Å². The maximum Gasteiger partial charge on any atom is 0.273 e. The third-order valence-electron chi connectivity index (χ3n) is 3.73. The van der Waals surface area contributed by atoms with E-state index in [0.717, 1.165) is 6.42 Å². The molecule has 3 rings (SSSR count). The van der Waals surface area contributed by atoms with Crippen LogP contribution in [0.25, 0.3) is 10.6 Å². The van der Waals surface area contributed by atoms with Crippen LogP contribution in [0.3, 0.4) is 0 Å². The zero-order valence-electron chi connectivity index (χ0n) is 11.5.